The number of nitrogens with zero attached hydrogens (tertiary/aromatic N) is 1. The average molecular weight is 396 g/mol. The van der Waals surface area contributed by atoms with Gasteiger partial charge in [0.2, 0.25) is 5.91 Å². The number of anilines is 2. The minimum Gasteiger partial charge on any atom is -0.427 e. The number of benzene rings is 1. The molecule has 3 rings (SSSR count). The van der Waals surface area contributed by atoms with Gasteiger partial charge in [-0.2, -0.15) is 0 Å². The normalized spacial score (nSPS) is 14.0. The molecule has 6 heteroatoms. The number of aryl methyl sites for hydroxylation is 3. The van der Waals surface area contributed by atoms with Crippen molar-refractivity contribution in [3.8, 4) is 0 Å². The summed E-state index contributed by atoms with van der Waals surface area (Å²) in [5.74, 6) is 0.741. The zero-order chi connectivity index (χ0) is 21.1. The first kappa shape index (κ1) is 20.8. The van der Waals surface area contributed by atoms with Gasteiger partial charge in [0.1, 0.15) is 11.3 Å². The maximum absolute atomic E-state index is 12.7. The van der Waals surface area contributed by atoms with E-state index in [1.54, 1.807) is 24.0 Å². The molecule has 1 N–H and O–H groups in total. The molecule has 1 aliphatic rings. The van der Waals surface area contributed by atoms with E-state index >= 15 is 0 Å². The van der Waals surface area contributed by atoms with Crippen molar-refractivity contribution >= 4 is 23.2 Å². The summed E-state index contributed by atoms with van der Waals surface area (Å²) < 4.78 is 5.36. The third kappa shape index (κ3) is 4.75. The van der Waals surface area contributed by atoms with E-state index in [0.29, 0.717) is 35.8 Å². The second-order valence-electron chi connectivity index (χ2n) is 8.10. The minimum absolute atomic E-state index is 0.0229. The number of amides is 2. The van der Waals surface area contributed by atoms with E-state index < -0.39 is 11.5 Å². The number of hydrogen-bond donors (Lipinski definition) is 1. The summed E-state index contributed by atoms with van der Waals surface area (Å²) in [4.78, 5) is 38.8. The molecule has 29 heavy (non-hydrogen) atoms. The van der Waals surface area contributed by atoms with Crippen molar-refractivity contribution in [2.75, 3.05) is 16.8 Å². The Hall–Kier alpha value is -2.89. The van der Waals surface area contributed by atoms with Crippen LogP contribution >= 0.6 is 0 Å². The molecule has 0 spiro atoms. The van der Waals surface area contributed by atoms with E-state index in [9.17, 15) is 14.4 Å². The van der Waals surface area contributed by atoms with Gasteiger partial charge in [0.25, 0.3) is 5.91 Å². The fourth-order valence-electron chi connectivity index (χ4n) is 3.63. The summed E-state index contributed by atoms with van der Waals surface area (Å²) in [6.45, 7) is 8.59. The van der Waals surface area contributed by atoms with Crippen molar-refractivity contribution in [1.82, 2.24) is 0 Å². The Morgan fingerprint density at radius 1 is 1.17 bits per heavy atom. The lowest BCUT2D eigenvalue weighted by Gasteiger charge is -2.19. The molecule has 2 heterocycles. The van der Waals surface area contributed by atoms with Crippen LogP contribution in [0.2, 0.25) is 0 Å². The molecule has 1 aliphatic heterocycles. The van der Waals surface area contributed by atoms with Gasteiger partial charge >= 0.3 is 5.63 Å². The Labute approximate surface area is 170 Å². The van der Waals surface area contributed by atoms with Crippen molar-refractivity contribution in [3.05, 3.63) is 57.1 Å². The molecule has 0 unspecified atom stereocenters. The number of rotatable bonds is 6. The fourth-order valence-corrected chi connectivity index (χ4v) is 3.63. The molecule has 1 aromatic heterocycles. The largest absolute Gasteiger partial charge is 0.427 e. The Morgan fingerprint density at radius 2 is 1.93 bits per heavy atom. The first-order chi connectivity index (χ1) is 13.8. The molecule has 2 aromatic rings. The minimum atomic E-state index is -0.614. The van der Waals surface area contributed by atoms with Gasteiger partial charge in [0.15, 0.2) is 0 Å². The Morgan fingerprint density at radius 3 is 2.52 bits per heavy atom. The van der Waals surface area contributed by atoms with Crippen molar-refractivity contribution in [1.29, 1.82) is 0 Å². The Bertz CT molecular complexity index is 991. The highest BCUT2D eigenvalue weighted by Gasteiger charge is 2.23. The highest BCUT2D eigenvalue weighted by molar-refractivity contribution is 6.05. The third-order valence-electron chi connectivity index (χ3n) is 5.21. The van der Waals surface area contributed by atoms with Crippen LogP contribution in [0.15, 0.2) is 33.5 Å². The van der Waals surface area contributed by atoms with E-state index in [1.165, 1.54) is 0 Å². The summed E-state index contributed by atoms with van der Waals surface area (Å²) in [5.41, 5.74) is 2.34. The third-order valence-corrected chi connectivity index (χ3v) is 5.21. The number of hydrogen-bond acceptors (Lipinski definition) is 4. The van der Waals surface area contributed by atoms with Crippen molar-refractivity contribution < 1.29 is 14.0 Å². The molecule has 0 radical (unpaired) electrons. The van der Waals surface area contributed by atoms with E-state index in [2.05, 4.69) is 19.2 Å². The van der Waals surface area contributed by atoms with E-state index in [0.717, 1.165) is 30.6 Å². The number of carbonyl (C=O) groups excluding carboxylic acids is 2. The summed E-state index contributed by atoms with van der Waals surface area (Å²) in [5, 5.41) is 2.78. The van der Waals surface area contributed by atoms with Crippen LogP contribution in [0.25, 0.3) is 0 Å². The molecule has 0 bridgehead atoms. The summed E-state index contributed by atoms with van der Waals surface area (Å²) >= 11 is 0. The first-order valence-corrected chi connectivity index (χ1v) is 10.1. The molecule has 154 valence electrons. The quantitative estimate of drug-likeness (QED) is 0.793. The lowest BCUT2D eigenvalue weighted by Crippen LogP contribution is -2.25. The second kappa shape index (κ2) is 8.64. The topological polar surface area (TPSA) is 79.6 Å². The highest BCUT2D eigenvalue weighted by Crippen LogP contribution is 2.27. The lowest BCUT2D eigenvalue weighted by atomic mass is 10.0. The predicted octanol–water partition coefficient (Wildman–Crippen LogP) is 4.22. The molecule has 1 fully saturated rings. The maximum Gasteiger partial charge on any atom is 0.349 e. The summed E-state index contributed by atoms with van der Waals surface area (Å²) in [7, 11) is 0. The molecule has 0 saturated carbocycles. The molecule has 1 saturated heterocycles. The van der Waals surface area contributed by atoms with Crippen LogP contribution < -0.4 is 15.8 Å². The highest BCUT2D eigenvalue weighted by atomic mass is 16.4. The molecular formula is C23H28N2O4. The van der Waals surface area contributed by atoms with Crippen LogP contribution in [0.3, 0.4) is 0 Å². The standard InChI is InChI=1S/C23H28N2O4/c1-14(2)7-9-18-13-16(4)21(23(28)29-18)22(27)24-17-8-10-19(15(3)12-17)25-11-5-6-20(25)26/h8,10,12-14H,5-7,9,11H2,1-4H3,(H,24,27). The van der Waals surface area contributed by atoms with Gasteiger partial charge < -0.3 is 14.6 Å². The van der Waals surface area contributed by atoms with Crippen LogP contribution in [-0.4, -0.2) is 18.4 Å². The molecule has 6 nitrogen and oxygen atoms in total. The van der Waals surface area contributed by atoms with Crippen molar-refractivity contribution in [2.24, 2.45) is 5.92 Å². The van der Waals surface area contributed by atoms with Gasteiger partial charge in [-0.3, -0.25) is 9.59 Å². The number of nitrogens with one attached hydrogen (secondary N) is 1. The molecule has 0 aliphatic carbocycles. The summed E-state index contributed by atoms with van der Waals surface area (Å²) in [6, 6.07) is 7.16. The van der Waals surface area contributed by atoms with Gasteiger partial charge in [0.05, 0.1) is 0 Å². The van der Waals surface area contributed by atoms with Crippen LogP contribution in [-0.2, 0) is 11.2 Å². The Balaban J connectivity index is 1.77. The molecule has 0 atom stereocenters. The molecule has 2 amide bonds. The van der Waals surface area contributed by atoms with Crippen LogP contribution in [0.5, 0.6) is 0 Å². The average Bonchev–Trinajstić information content (AvgIpc) is 3.05. The monoisotopic (exact) mass is 396 g/mol. The van der Waals surface area contributed by atoms with Gasteiger partial charge in [0, 0.05) is 30.8 Å². The number of carbonyl (C=O) groups is 2. The Kier molecular flexibility index (Phi) is 6.20. The van der Waals surface area contributed by atoms with Crippen molar-refractivity contribution in [3.63, 3.8) is 0 Å². The molecule has 1 aromatic carbocycles. The van der Waals surface area contributed by atoms with Gasteiger partial charge in [-0.1, -0.05) is 13.8 Å². The molecular weight excluding hydrogens is 368 g/mol. The summed E-state index contributed by atoms with van der Waals surface area (Å²) in [6.07, 6.45) is 3.02. The lowest BCUT2D eigenvalue weighted by molar-refractivity contribution is -0.117. The zero-order valence-electron chi connectivity index (χ0n) is 17.5. The maximum atomic E-state index is 12.7. The van der Waals surface area contributed by atoms with Crippen molar-refractivity contribution in [2.45, 2.75) is 53.4 Å². The fraction of sp³-hybridized carbons (Fsp3) is 0.435. The van der Waals surface area contributed by atoms with Crippen LogP contribution in [0.1, 0.15) is 60.4 Å². The van der Waals surface area contributed by atoms with Gasteiger partial charge in [-0.15, -0.1) is 0 Å². The van der Waals surface area contributed by atoms with E-state index in [-0.39, 0.29) is 11.5 Å². The van der Waals surface area contributed by atoms with E-state index in [4.69, 9.17) is 4.42 Å². The zero-order valence-corrected chi connectivity index (χ0v) is 17.5. The first-order valence-electron chi connectivity index (χ1n) is 10.1. The van der Waals surface area contributed by atoms with Crippen LogP contribution in [0, 0.1) is 19.8 Å². The SMILES string of the molecule is Cc1cc(NC(=O)c2c(C)cc(CCC(C)C)oc2=O)ccc1N1CCCC1=O. The predicted molar refractivity (Wildman–Crippen MR) is 114 cm³/mol. The van der Waals surface area contributed by atoms with Gasteiger partial charge in [-0.05, 0) is 68.0 Å². The second-order valence-corrected chi connectivity index (χ2v) is 8.10. The van der Waals surface area contributed by atoms with E-state index in [1.807, 2.05) is 19.1 Å². The van der Waals surface area contributed by atoms with Crippen LogP contribution in [0.4, 0.5) is 11.4 Å². The smallest absolute Gasteiger partial charge is 0.349 e. The van der Waals surface area contributed by atoms with Gasteiger partial charge in [-0.25, -0.2) is 4.79 Å².